The summed E-state index contributed by atoms with van der Waals surface area (Å²) < 4.78 is 0. The van der Waals surface area contributed by atoms with Crippen LogP contribution in [0.25, 0.3) is 0 Å². The molecule has 0 fully saturated rings. The predicted octanol–water partition coefficient (Wildman–Crippen LogP) is 3.11. The van der Waals surface area contributed by atoms with E-state index >= 15 is 0 Å². The zero-order valence-electron chi connectivity index (χ0n) is 13.1. The molecule has 0 aliphatic rings. The molecule has 0 radical (unpaired) electrons. The smallest absolute Gasteiger partial charge is 0.251 e. The van der Waals surface area contributed by atoms with E-state index in [0.29, 0.717) is 18.4 Å². The topological polar surface area (TPSA) is 49.3 Å². The molecule has 1 amide bonds. The lowest BCUT2D eigenvalue weighted by Gasteiger charge is -2.24. The van der Waals surface area contributed by atoms with Crippen molar-refractivity contribution in [2.45, 2.75) is 38.8 Å². The van der Waals surface area contributed by atoms with Gasteiger partial charge in [0.05, 0.1) is 12.1 Å². The van der Waals surface area contributed by atoms with Crippen LogP contribution in [0.3, 0.4) is 0 Å². The van der Waals surface area contributed by atoms with Crippen molar-refractivity contribution in [3.63, 3.8) is 0 Å². The Bertz CT molecular complexity index is 610. The highest BCUT2D eigenvalue weighted by Crippen LogP contribution is 2.11. The Labute approximate surface area is 132 Å². The number of benzene rings is 2. The number of nitrogens with one attached hydrogen (secondary N) is 1. The molecule has 3 heteroatoms. The zero-order valence-corrected chi connectivity index (χ0v) is 13.1. The molecule has 2 rings (SSSR count). The molecule has 0 aliphatic heterocycles. The molecule has 2 aromatic rings. The molecule has 0 bridgehead atoms. The average Bonchev–Trinajstić information content (AvgIpc) is 2.54. The normalized spacial score (nSPS) is 13.4. The van der Waals surface area contributed by atoms with Crippen molar-refractivity contribution in [3.8, 4) is 0 Å². The van der Waals surface area contributed by atoms with Gasteiger partial charge >= 0.3 is 0 Å². The van der Waals surface area contributed by atoms with Gasteiger partial charge in [-0.1, -0.05) is 55.5 Å². The van der Waals surface area contributed by atoms with Crippen molar-refractivity contribution in [2.24, 2.45) is 0 Å². The molecule has 0 heterocycles. The Hall–Kier alpha value is -2.13. The Morgan fingerprint density at radius 3 is 2.36 bits per heavy atom. The van der Waals surface area contributed by atoms with Crippen LogP contribution in [0, 0.1) is 6.92 Å². The molecule has 2 aromatic carbocycles. The van der Waals surface area contributed by atoms with Gasteiger partial charge in [-0.2, -0.15) is 0 Å². The van der Waals surface area contributed by atoms with E-state index in [1.54, 1.807) is 0 Å². The molecule has 0 spiro atoms. The largest absolute Gasteiger partial charge is 0.391 e. The second-order valence-corrected chi connectivity index (χ2v) is 5.56. The van der Waals surface area contributed by atoms with Gasteiger partial charge in [0.2, 0.25) is 0 Å². The molecule has 2 atom stereocenters. The maximum atomic E-state index is 12.5. The molecule has 2 N–H and O–H groups in total. The van der Waals surface area contributed by atoms with Crippen LogP contribution in [-0.4, -0.2) is 23.2 Å². The summed E-state index contributed by atoms with van der Waals surface area (Å²) in [7, 11) is 0. The minimum absolute atomic E-state index is 0.133. The molecule has 22 heavy (non-hydrogen) atoms. The summed E-state index contributed by atoms with van der Waals surface area (Å²) in [6.45, 7) is 3.83. The first kappa shape index (κ1) is 16.2. The van der Waals surface area contributed by atoms with Gasteiger partial charge in [-0.25, -0.2) is 0 Å². The number of rotatable bonds is 6. The van der Waals surface area contributed by atoms with Crippen LogP contribution in [0.5, 0.6) is 0 Å². The summed E-state index contributed by atoms with van der Waals surface area (Å²) in [5.41, 5.74) is 2.69. The van der Waals surface area contributed by atoms with Gasteiger partial charge < -0.3 is 10.4 Å². The Morgan fingerprint density at radius 1 is 1.09 bits per heavy atom. The van der Waals surface area contributed by atoms with Crippen LogP contribution < -0.4 is 5.32 Å². The maximum absolute atomic E-state index is 12.5. The van der Waals surface area contributed by atoms with Crippen molar-refractivity contribution < 1.29 is 9.90 Å². The molecule has 0 saturated carbocycles. The highest BCUT2D eigenvalue weighted by atomic mass is 16.3. The molecule has 3 nitrogen and oxygen atoms in total. The standard InChI is InChI=1S/C19H23NO2/c1-3-18(21)17(13-15-10-5-4-6-11-15)20-19(22)16-12-8-7-9-14(16)2/h4-12,17-18,21H,3,13H2,1-2H3,(H,20,22)/t17-,18+/m0/s1. The van der Waals surface area contributed by atoms with Crippen molar-refractivity contribution in [3.05, 3.63) is 71.3 Å². The molecule has 0 aliphatic carbocycles. The zero-order chi connectivity index (χ0) is 15.9. The Kier molecular flexibility index (Phi) is 5.73. The first-order chi connectivity index (χ1) is 10.6. The lowest BCUT2D eigenvalue weighted by Crippen LogP contribution is -2.44. The van der Waals surface area contributed by atoms with Crippen molar-refractivity contribution in [1.82, 2.24) is 5.32 Å². The summed E-state index contributed by atoms with van der Waals surface area (Å²) in [5.74, 6) is -0.133. The van der Waals surface area contributed by atoms with Crippen LogP contribution >= 0.6 is 0 Å². The van der Waals surface area contributed by atoms with Gasteiger partial charge in [0.25, 0.3) is 5.91 Å². The third-order valence-electron chi connectivity index (χ3n) is 3.89. The average molecular weight is 297 g/mol. The van der Waals surface area contributed by atoms with E-state index in [-0.39, 0.29) is 11.9 Å². The fraction of sp³-hybridized carbons (Fsp3) is 0.316. The number of hydrogen-bond donors (Lipinski definition) is 2. The van der Waals surface area contributed by atoms with Crippen LogP contribution in [0.1, 0.15) is 34.8 Å². The van der Waals surface area contributed by atoms with E-state index in [0.717, 1.165) is 11.1 Å². The van der Waals surface area contributed by atoms with Gasteiger partial charge in [-0.3, -0.25) is 4.79 Å². The predicted molar refractivity (Wildman–Crippen MR) is 88.9 cm³/mol. The van der Waals surface area contributed by atoms with Crippen LogP contribution in [0.15, 0.2) is 54.6 Å². The molecule has 116 valence electrons. The Balaban J connectivity index is 2.13. The second kappa shape index (κ2) is 7.76. The third-order valence-corrected chi connectivity index (χ3v) is 3.89. The maximum Gasteiger partial charge on any atom is 0.251 e. The van der Waals surface area contributed by atoms with Gasteiger partial charge in [0.1, 0.15) is 0 Å². The van der Waals surface area contributed by atoms with Crippen molar-refractivity contribution >= 4 is 5.91 Å². The molecular formula is C19H23NO2. The molecular weight excluding hydrogens is 274 g/mol. The monoisotopic (exact) mass is 297 g/mol. The number of carbonyl (C=O) groups excluding carboxylic acids is 1. The SMILES string of the molecule is CC[C@@H](O)[C@H](Cc1ccccc1)NC(=O)c1ccccc1C. The number of aryl methyl sites for hydroxylation is 1. The summed E-state index contributed by atoms with van der Waals surface area (Å²) in [6.07, 6.45) is 0.659. The number of aliphatic hydroxyl groups excluding tert-OH is 1. The molecule has 0 aromatic heterocycles. The lowest BCUT2D eigenvalue weighted by molar-refractivity contribution is 0.0824. The van der Waals surface area contributed by atoms with Gasteiger partial charge in [0, 0.05) is 5.56 Å². The molecule has 0 saturated heterocycles. The summed E-state index contributed by atoms with van der Waals surface area (Å²) in [5, 5.41) is 13.2. The van der Waals surface area contributed by atoms with E-state index in [1.165, 1.54) is 0 Å². The fourth-order valence-corrected chi connectivity index (χ4v) is 2.51. The second-order valence-electron chi connectivity index (χ2n) is 5.56. The first-order valence-corrected chi connectivity index (χ1v) is 7.70. The molecule has 0 unspecified atom stereocenters. The lowest BCUT2D eigenvalue weighted by atomic mass is 9.99. The van der Waals surface area contributed by atoms with Gasteiger partial charge in [0.15, 0.2) is 0 Å². The number of aliphatic hydroxyl groups is 1. The van der Waals surface area contributed by atoms with E-state index in [1.807, 2.05) is 68.4 Å². The summed E-state index contributed by atoms with van der Waals surface area (Å²) in [6, 6.07) is 17.1. The minimum Gasteiger partial charge on any atom is -0.391 e. The van der Waals surface area contributed by atoms with E-state index in [2.05, 4.69) is 5.32 Å². The number of carbonyl (C=O) groups is 1. The quantitative estimate of drug-likeness (QED) is 0.860. The van der Waals surface area contributed by atoms with Crippen LogP contribution in [0.4, 0.5) is 0 Å². The number of amides is 1. The summed E-state index contributed by atoms with van der Waals surface area (Å²) >= 11 is 0. The highest BCUT2D eigenvalue weighted by molar-refractivity contribution is 5.95. The fourth-order valence-electron chi connectivity index (χ4n) is 2.51. The highest BCUT2D eigenvalue weighted by Gasteiger charge is 2.21. The van der Waals surface area contributed by atoms with E-state index in [9.17, 15) is 9.90 Å². The summed E-state index contributed by atoms with van der Waals surface area (Å²) in [4.78, 5) is 12.5. The van der Waals surface area contributed by atoms with Crippen LogP contribution in [0.2, 0.25) is 0 Å². The third kappa shape index (κ3) is 4.18. The minimum atomic E-state index is -0.562. The number of hydrogen-bond acceptors (Lipinski definition) is 2. The van der Waals surface area contributed by atoms with Crippen LogP contribution in [-0.2, 0) is 6.42 Å². The van der Waals surface area contributed by atoms with Crippen molar-refractivity contribution in [1.29, 1.82) is 0 Å². The van der Waals surface area contributed by atoms with E-state index in [4.69, 9.17) is 0 Å². The van der Waals surface area contributed by atoms with Gasteiger partial charge in [-0.15, -0.1) is 0 Å². The van der Waals surface area contributed by atoms with E-state index < -0.39 is 6.10 Å². The van der Waals surface area contributed by atoms with Crippen molar-refractivity contribution in [2.75, 3.05) is 0 Å². The first-order valence-electron chi connectivity index (χ1n) is 7.70. The Morgan fingerprint density at radius 2 is 1.73 bits per heavy atom. The van der Waals surface area contributed by atoms with Gasteiger partial charge in [-0.05, 0) is 37.0 Å².